The number of likely N-dealkylation sites (tertiary alicyclic amines) is 1. The number of nitrogens with zero attached hydrogens (tertiary/aromatic N) is 2. The standard InChI is InChI=1S/C31H35N3O/c35-31(32-19-9-14-25-10-3-1-4-11-25)27-17-20-33(21-18-27)24-29-22-28-15-7-8-16-30(28)34(29)23-26-12-5-2-6-13-26/h1-8,10-13,15-16,22,27H,9,14,17-21,23-24H2,(H,32,35). The van der Waals surface area contributed by atoms with Crippen LogP contribution in [0.4, 0.5) is 0 Å². The van der Waals surface area contributed by atoms with Gasteiger partial charge < -0.3 is 9.88 Å². The number of carbonyl (C=O) groups excluding carboxylic acids is 1. The van der Waals surface area contributed by atoms with Crippen molar-refractivity contribution in [2.45, 2.75) is 38.8 Å². The first kappa shape index (κ1) is 23.4. The molecule has 0 aliphatic carbocycles. The normalized spacial score (nSPS) is 14.9. The van der Waals surface area contributed by atoms with Crippen molar-refractivity contribution in [3.05, 3.63) is 108 Å². The third-order valence-electron chi connectivity index (χ3n) is 7.21. The van der Waals surface area contributed by atoms with Gasteiger partial charge in [0.15, 0.2) is 0 Å². The largest absolute Gasteiger partial charge is 0.356 e. The van der Waals surface area contributed by atoms with Gasteiger partial charge in [0.25, 0.3) is 0 Å². The summed E-state index contributed by atoms with van der Waals surface area (Å²) in [5.74, 6) is 0.369. The molecule has 0 radical (unpaired) electrons. The number of aromatic nitrogens is 1. The third-order valence-corrected chi connectivity index (χ3v) is 7.21. The lowest BCUT2D eigenvalue weighted by Crippen LogP contribution is -2.40. The van der Waals surface area contributed by atoms with Crippen LogP contribution in [0.1, 0.15) is 36.1 Å². The zero-order valence-electron chi connectivity index (χ0n) is 20.4. The van der Waals surface area contributed by atoms with Gasteiger partial charge in [0.05, 0.1) is 0 Å². The van der Waals surface area contributed by atoms with Crippen LogP contribution in [0.3, 0.4) is 0 Å². The maximum Gasteiger partial charge on any atom is 0.223 e. The fourth-order valence-corrected chi connectivity index (χ4v) is 5.23. The molecule has 1 aliphatic rings. The minimum Gasteiger partial charge on any atom is -0.356 e. The monoisotopic (exact) mass is 465 g/mol. The van der Waals surface area contributed by atoms with Crippen LogP contribution in [-0.4, -0.2) is 35.0 Å². The number of hydrogen-bond acceptors (Lipinski definition) is 2. The van der Waals surface area contributed by atoms with Crippen LogP contribution in [0, 0.1) is 5.92 Å². The fraction of sp³-hybridized carbons (Fsp3) is 0.323. The smallest absolute Gasteiger partial charge is 0.223 e. The molecule has 0 spiro atoms. The summed E-state index contributed by atoms with van der Waals surface area (Å²) in [5.41, 5.74) is 5.28. The Bertz CT molecular complexity index is 1220. The molecule has 0 saturated carbocycles. The Kier molecular flexibility index (Phi) is 7.59. The lowest BCUT2D eigenvalue weighted by molar-refractivity contribution is -0.126. The van der Waals surface area contributed by atoms with E-state index in [0.717, 1.165) is 58.4 Å². The second-order valence-electron chi connectivity index (χ2n) is 9.70. The number of para-hydroxylation sites is 1. The van der Waals surface area contributed by atoms with E-state index in [0.29, 0.717) is 0 Å². The Hall–Kier alpha value is -3.37. The van der Waals surface area contributed by atoms with Gasteiger partial charge in [0.2, 0.25) is 5.91 Å². The van der Waals surface area contributed by atoms with E-state index in [1.807, 2.05) is 6.07 Å². The molecule has 1 amide bonds. The van der Waals surface area contributed by atoms with Gasteiger partial charge in [-0.15, -0.1) is 0 Å². The van der Waals surface area contributed by atoms with Crippen LogP contribution < -0.4 is 5.32 Å². The van der Waals surface area contributed by atoms with Crippen LogP contribution in [0.15, 0.2) is 91.0 Å². The minimum absolute atomic E-state index is 0.137. The maximum absolute atomic E-state index is 12.7. The van der Waals surface area contributed by atoms with Crippen LogP contribution in [0.25, 0.3) is 10.9 Å². The lowest BCUT2D eigenvalue weighted by Gasteiger charge is -2.31. The summed E-state index contributed by atoms with van der Waals surface area (Å²) >= 11 is 0. The molecule has 1 N–H and O–H groups in total. The van der Waals surface area contributed by atoms with E-state index >= 15 is 0 Å². The van der Waals surface area contributed by atoms with Gasteiger partial charge >= 0.3 is 0 Å². The van der Waals surface area contributed by atoms with Gasteiger partial charge in [-0.2, -0.15) is 0 Å². The maximum atomic E-state index is 12.7. The molecule has 0 unspecified atom stereocenters. The Balaban J connectivity index is 1.14. The number of amides is 1. The SMILES string of the molecule is O=C(NCCCc1ccccc1)C1CCN(Cc2cc3ccccc3n2Cc2ccccc2)CC1. The van der Waals surface area contributed by atoms with Gasteiger partial charge in [-0.1, -0.05) is 78.9 Å². The predicted molar refractivity (Wildman–Crippen MR) is 143 cm³/mol. The number of benzene rings is 3. The Morgan fingerprint density at radius 1 is 0.800 bits per heavy atom. The number of carbonyl (C=O) groups is 1. The number of hydrogen-bond donors (Lipinski definition) is 1. The van der Waals surface area contributed by atoms with Crippen molar-refractivity contribution in [3.63, 3.8) is 0 Å². The first-order chi connectivity index (χ1) is 17.3. The number of fused-ring (bicyclic) bond motifs is 1. The van der Waals surface area contributed by atoms with Crippen molar-refractivity contribution in [1.82, 2.24) is 14.8 Å². The average Bonchev–Trinajstić information content (AvgIpc) is 3.25. The van der Waals surface area contributed by atoms with Crippen molar-refractivity contribution in [2.24, 2.45) is 5.92 Å². The molecule has 4 nitrogen and oxygen atoms in total. The molecular formula is C31H35N3O. The first-order valence-corrected chi connectivity index (χ1v) is 12.9. The van der Waals surface area contributed by atoms with Crippen LogP contribution >= 0.6 is 0 Å². The highest BCUT2D eigenvalue weighted by Crippen LogP contribution is 2.25. The first-order valence-electron chi connectivity index (χ1n) is 12.9. The van der Waals surface area contributed by atoms with E-state index in [9.17, 15) is 4.79 Å². The molecule has 3 aromatic carbocycles. The van der Waals surface area contributed by atoms with E-state index < -0.39 is 0 Å². The molecule has 0 bridgehead atoms. The van der Waals surface area contributed by atoms with Gasteiger partial charge in [-0.25, -0.2) is 0 Å². The number of piperidine rings is 1. The molecule has 4 aromatic rings. The molecule has 2 heterocycles. The Morgan fingerprint density at radius 3 is 2.20 bits per heavy atom. The van der Waals surface area contributed by atoms with E-state index in [2.05, 4.69) is 99.7 Å². The number of nitrogens with one attached hydrogen (secondary N) is 1. The van der Waals surface area contributed by atoms with Crippen molar-refractivity contribution >= 4 is 16.8 Å². The van der Waals surface area contributed by atoms with Crippen LogP contribution in [0.5, 0.6) is 0 Å². The molecule has 35 heavy (non-hydrogen) atoms. The van der Waals surface area contributed by atoms with E-state index in [1.54, 1.807) is 0 Å². The second-order valence-corrected chi connectivity index (χ2v) is 9.70. The van der Waals surface area contributed by atoms with Gasteiger partial charge in [-0.3, -0.25) is 9.69 Å². The summed E-state index contributed by atoms with van der Waals surface area (Å²) in [7, 11) is 0. The molecule has 1 fully saturated rings. The Labute approximate surface area is 208 Å². The van der Waals surface area contributed by atoms with Crippen molar-refractivity contribution in [1.29, 1.82) is 0 Å². The fourth-order valence-electron chi connectivity index (χ4n) is 5.23. The lowest BCUT2D eigenvalue weighted by atomic mass is 9.95. The molecule has 1 aromatic heterocycles. The average molecular weight is 466 g/mol. The topological polar surface area (TPSA) is 37.3 Å². The van der Waals surface area contributed by atoms with Gasteiger partial charge in [0.1, 0.15) is 0 Å². The highest BCUT2D eigenvalue weighted by Gasteiger charge is 2.25. The summed E-state index contributed by atoms with van der Waals surface area (Å²) in [5, 5.41) is 4.47. The van der Waals surface area contributed by atoms with Crippen LogP contribution in [0.2, 0.25) is 0 Å². The number of aryl methyl sites for hydroxylation is 1. The summed E-state index contributed by atoms with van der Waals surface area (Å²) in [4.78, 5) is 15.2. The van der Waals surface area contributed by atoms with Gasteiger partial charge in [0, 0.05) is 36.8 Å². The van der Waals surface area contributed by atoms with Crippen LogP contribution in [-0.2, 0) is 24.3 Å². The summed E-state index contributed by atoms with van der Waals surface area (Å²) in [6.07, 6.45) is 3.87. The zero-order chi connectivity index (χ0) is 23.9. The molecule has 4 heteroatoms. The van der Waals surface area contributed by atoms with Crippen molar-refractivity contribution < 1.29 is 4.79 Å². The molecule has 1 saturated heterocycles. The minimum atomic E-state index is 0.137. The molecule has 180 valence electrons. The predicted octanol–water partition coefficient (Wildman–Crippen LogP) is 5.65. The molecule has 1 aliphatic heterocycles. The third kappa shape index (κ3) is 6.01. The second kappa shape index (κ2) is 11.4. The summed E-state index contributed by atoms with van der Waals surface area (Å²) < 4.78 is 2.45. The summed E-state index contributed by atoms with van der Waals surface area (Å²) in [6.45, 7) is 4.50. The highest BCUT2D eigenvalue weighted by atomic mass is 16.1. The highest BCUT2D eigenvalue weighted by molar-refractivity contribution is 5.81. The quantitative estimate of drug-likeness (QED) is 0.324. The van der Waals surface area contributed by atoms with Crippen molar-refractivity contribution in [2.75, 3.05) is 19.6 Å². The Morgan fingerprint density at radius 2 is 1.46 bits per heavy atom. The van der Waals surface area contributed by atoms with E-state index in [4.69, 9.17) is 0 Å². The molecule has 0 atom stereocenters. The number of rotatable bonds is 9. The van der Waals surface area contributed by atoms with E-state index in [-0.39, 0.29) is 11.8 Å². The molecule has 5 rings (SSSR count). The van der Waals surface area contributed by atoms with Crippen molar-refractivity contribution in [3.8, 4) is 0 Å². The summed E-state index contributed by atoms with van der Waals surface area (Å²) in [6, 6.07) is 32.2. The molecular weight excluding hydrogens is 430 g/mol. The van der Waals surface area contributed by atoms with Gasteiger partial charge in [-0.05, 0) is 67.4 Å². The van der Waals surface area contributed by atoms with E-state index in [1.165, 1.54) is 27.7 Å². The zero-order valence-corrected chi connectivity index (χ0v) is 20.4.